The lowest BCUT2D eigenvalue weighted by atomic mass is 10.1. The van der Waals surface area contributed by atoms with E-state index in [-0.39, 0.29) is 11.9 Å². The molecule has 86 valence electrons. The van der Waals surface area contributed by atoms with Gasteiger partial charge in [0.2, 0.25) is 0 Å². The van der Waals surface area contributed by atoms with Gasteiger partial charge in [-0.1, -0.05) is 0 Å². The number of allylic oxidation sites excluding steroid dienone is 1. The highest BCUT2D eigenvalue weighted by atomic mass is 127. The third-order valence-corrected chi connectivity index (χ3v) is 3.37. The Bertz CT molecular complexity index is 395. The van der Waals surface area contributed by atoms with Crippen LogP contribution in [0.4, 0.5) is 10.1 Å². The van der Waals surface area contributed by atoms with E-state index in [0.717, 1.165) is 28.6 Å². The molecule has 0 saturated heterocycles. The van der Waals surface area contributed by atoms with Crippen molar-refractivity contribution in [1.29, 1.82) is 0 Å². The smallest absolute Gasteiger partial charge is 0.124 e. The van der Waals surface area contributed by atoms with Gasteiger partial charge < -0.3 is 10.1 Å². The van der Waals surface area contributed by atoms with Gasteiger partial charge in [-0.3, -0.25) is 0 Å². The van der Waals surface area contributed by atoms with Gasteiger partial charge in [0, 0.05) is 9.26 Å². The van der Waals surface area contributed by atoms with Gasteiger partial charge in [0.25, 0.3) is 0 Å². The number of rotatable bonds is 3. The molecule has 0 aromatic heterocycles. The lowest BCUT2D eigenvalue weighted by Gasteiger charge is -2.20. The first-order valence-electron chi connectivity index (χ1n) is 5.25. The molecular weight excluding hydrogens is 320 g/mol. The third-order valence-electron chi connectivity index (χ3n) is 2.47. The van der Waals surface area contributed by atoms with E-state index in [4.69, 9.17) is 4.74 Å². The molecule has 0 fully saturated rings. The van der Waals surface area contributed by atoms with Gasteiger partial charge in [0.1, 0.15) is 11.9 Å². The predicted molar refractivity (Wildman–Crippen MR) is 70.9 cm³/mol. The Balaban J connectivity index is 1.91. The Morgan fingerprint density at radius 3 is 3.06 bits per heavy atom. The second-order valence-electron chi connectivity index (χ2n) is 3.71. The highest BCUT2D eigenvalue weighted by Crippen LogP contribution is 2.20. The fraction of sp³-hybridized carbons (Fsp3) is 0.333. The van der Waals surface area contributed by atoms with E-state index in [1.165, 1.54) is 12.1 Å². The second-order valence-corrected chi connectivity index (χ2v) is 4.87. The van der Waals surface area contributed by atoms with E-state index < -0.39 is 0 Å². The maximum atomic E-state index is 12.9. The van der Waals surface area contributed by atoms with E-state index in [0.29, 0.717) is 0 Å². The molecule has 1 aromatic rings. The van der Waals surface area contributed by atoms with Crippen LogP contribution in [-0.2, 0) is 4.74 Å². The second kappa shape index (κ2) is 5.52. The van der Waals surface area contributed by atoms with Gasteiger partial charge >= 0.3 is 0 Å². The Hall–Kier alpha value is -0.780. The summed E-state index contributed by atoms with van der Waals surface area (Å²) in [7, 11) is 0. The van der Waals surface area contributed by atoms with Gasteiger partial charge in [-0.05, 0) is 59.7 Å². The number of nitrogens with one attached hydrogen (secondary N) is 1. The molecule has 0 radical (unpaired) electrons. The standard InChI is InChI=1S/C12H13FINO/c13-9-4-5-12(11(14)7-9)15-8-10-3-1-2-6-16-10/h2,4-7,10,15H,1,3,8H2. The van der Waals surface area contributed by atoms with E-state index in [1.807, 2.05) is 6.08 Å². The monoisotopic (exact) mass is 333 g/mol. The van der Waals surface area contributed by atoms with Crippen LogP contribution in [0, 0.1) is 9.39 Å². The summed E-state index contributed by atoms with van der Waals surface area (Å²) in [6.07, 6.45) is 6.09. The first-order valence-corrected chi connectivity index (χ1v) is 6.33. The molecule has 2 rings (SSSR count). The van der Waals surface area contributed by atoms with Crippen molar-refractivity contribution < 1.29 is 9.13 Å². The summed E-state index contributed by atoms with van der Waals surface area (Å²) in [4.78, 5) is 0. The highest BCUT2D eigenvalue weighted by molar-refractivity contribution is 14.1. The summed E-state index contributed by atoms with van der Waals surface area (Å²) in [5.41, 5.74) is 0.958. The zero-order chi connectivity index (χ0) is 11.4. The normalized spacial score (nSPS) is 19.2. The summed E-state index contributed by atoms with van der Waals surface area (Å²) >= 11 is 2.12. The van der Waals surface area contributed by atoms with Crippen LogP contribution < -0.4 is 5.32 Å². The number of halogens is 2. The summed E-state index contributed by atoms with van der Waals surface area (Å²) < 4.78 is 19.2. The molecule has 2 nitrogen and oxygen atoms in total. The molecule has 0 spiro atoms. The molecule has 1 unspecified atom stereocenters. The quantitative estimate of drug-likeness (QED) is 0.855. The maximum Gasteiger partial charge on any atom is 0.124 e. The predicted octanol–water partition coefficient (Wildman–Crippen LogP) is 3.53. The third kappa shape index (κ3) is 3.10. The van der Waals surface area contributed by atoms with Crippen molar-refractivity contribution in [3.63, 3.8) is 0 Å². The number of hydrogen-bond acceptors (Lipinski definition) is 2. The largest absolute Gasteiger partial charge is 0.497 e. The molecule has 0 aliphatic carbocycles. The average molecular weight is 333 g/mol. The SMILES string of the molecule is Fc1ccc(NCC2CCC=CO2)c(I)c1. The minimum Gasteiger partial charge on any atom is -0.497 e. The van der Waals surface area contributed by atoms with Crippen LogP contribution >= 0.6 is 22.6 Å². The Labute approximate surface area is 108 Å². The summed E-state index contributed by atoms with van der Waals surface area (Å²) in [5.74, 6) is -0.202. The Morgan fingerprint density at radius 1 is 1.50 bits per heavy atom. The van der Waals surface area contributed by atoms with Gasteiger partial charge in [0.05, 0.1) is 12.8 Å². The summed E-state index contributed by atoms with van der Waals surface area (Å²) in [6.45, 7) is 0.756. The minimum absolute atomic E-state index is 0.202. The van der Waals surface area contributed by atoms with Crippen LogP contribution in [0.25, 0.3) is 0 Å². The summed E-state index contributed by atoms with van der Waals surface area (Å²) in [5, 5.41) is 3.28. The first kappa shape index (κ1) is 11.7. The van der Waals surface area contributed by atoms with Crippen LogP contribution in [0.1, 0.15) is 12.8 Å². The van der Waals surface area contributed by atoms with Gasteiger partial charge in [-0.2, -0.15) is 0 Å². The van der Waals surface area contributed by atoms with Gasteiger partial charge in [-0.25, -0.2) is 4.39 Å². The molecule has 1 heterocycles. The highest BCUT2D eigenvalue weighted by Gasteiger charge is 2.11. The lowest BCUT2D eigenvalue weighted by Crippen LogP contribution is -2.23. The number of benzene rings is 1. The van der Waals surface area contributed by atoms with Crippen molar-refractivity contribution in [3.8, 4) is 0 Å². The topological polar surface area (TPSA) is 21.3 Å². The number of hydrogen-bond donors (Lipinski definition) is 1. The molecule has 0 bridgehead atoms. The van der Waals surface area contributed by atoms with E-state index >= 15 is 0 Å². The zero-order valence-electron chi connectivity index (χ0n) is 8.75. The maximum absolute atomic E-state index is 12.9. The van der Waals surface area contributed by atoms with Gasteiger partial charge in [0.15, 0.2) is 0 Å². The molecule has 0 saturated carbocycles. The number of anilines is 1. The van der Waals surface area contributed by atoms with Crippen molar-refractivity contribution in [3.05, 3.63) is 39.9 Å². The van der Waals surface area contributed by atoms with Crippen molar-refractivity contribution in [2.75, 3.05) is 11.9 Å². The zero-order valence-corrected chi connectivity index (χ0v) is 10.9. The first-order chi connectivity index (χ1) is 7.75. The molecular formula is C12H13FINO. The molecule has 1 aliphatic heterocycles. The summed E-state index contributed by atoms with van der Waals surface area (Å²) in [6, 6.07) is 4.74. The number of ether oxygens (including phenoxy) is 1. The van der Waals surface area contributed by atoms with Crippen molar-refractivity contribution >= 4 is 28.3 Å². The minimum atomic E-state index is -0.202. The van der Waals surface area contributed by atoms with Crippen molar-refractivity contribution in [2.24, 2.45) is 0 Å². The molecule has 1 aromatic carbocycles. The molecule has 1 atom stereocenters. The lowest BCUT2D eigenvalue weighted by molar-refractivity contribution is 0.135. The average Bonchev–Trinajstić information content (AvgIpc) is 2.29. The van der Waals surface area contributed by atoms with E-state index in [9.17, 15) is 4.39 Å². The molecule has 4 heteroatoms. The van der Waals surface area contributed by atoms with Crippen LogP contribution in [0.5, 0.6) is 0 Å². The van der Waals surface area contributed by atoms with E-state index in [1.54, 1.807) is 12.3 Å². The Morgan fingerprint density at radius 2 is 2.38 bits per heavy atom. The molecule has 1 N–H and O–H groups in total. The van der Waals surface area contributed by atoms with Crippen LogP contribution in [-0.4, -0.2) is 12.6 Å². The molecule has 16 heavy (non-hydrogen) atoms. The van der Waals surface area contributed by atoms with Crippen molar-refractivity contribution in [1.82, 2.24) is 0 Å². The van der Waals surface area contributed by atoms with Crippen molar-refractivity contribution in [2.45, 2.75) is 18.9 Å². The van der Waals surface area contributed by atoms with Crippen LogP contribution in [0.2, 0.25) is 0 Å². The molecule has 1 aliphatic rings. The van der Waals surface area contributed by atoms with Gasteiger partial charge in [-0.15, -0.1) is 0 Å². The fourth-order valence-electron chi connectivity index (χ4n) is 1.59. The van der Waals surface area contributed by atoms with Crippen LogP contribution in [0.15, 0.2) is 30.5 Å². The van der Waals surface area contributed by atoms with E-state index in [2.05, 4.69) is 27.9 Å². The van der Waals surface area contributed by atoms with Crippen LogP contribution in [0.3, 0.4) is 0 Å². The Kier molecular flexibility index (Phi) is 4.04. The fourth-order valence-corrected chi connectivity index (χ4v) is 2.26. The molecule has 0 amide bonds.